The predicted octanol–water partition coefficient (Wildman–Crippen LogP) is 0.957. The van der Waals surface area contributed by atoms with Crippen molar-refractivity contribution >= 4 is 25.8 Å². The Labute approximate surface area is 63.7 Å². The Kier molecular flexibility index (Phi) is 1.87. The second-order valence-electron chi connectivity index (χ2n) is 2.38. The summed E-state index contributed by atoms with van der Waals surface area (Å²) in [6, 6.07) is 0. The highest BCUT2D eigenvalue weighted by molar-refractivity contribution is 9.09. The van der Waals surface area contributed by atoms with Gasteiger partial charge < -0.3 is 0 Å². The van der Waals surface area contributed by atoms with E-state index < -0.39 is 9.84 Å². The molecular formula is C5H9BrO2S. The summed E-state index contributed by atoms with van der Waals surface area (Å²) in [5.41, 5.74) is 0. The molecule has 1 saturated heterocycles. The van der Waals surface area contributed by atoms with Crippen molar-refractivity contribution in [1.29, 1.82) is 0 Å². The lowest BCUT2D eigenvalue weighted by Crippen LogP contribution is -2.17. The van der Waals surface area contributed by atoms with E-state index in [1.165, 1.54) is 0 Å². The second kappa shape index (κ2) is 2.23. The molecule has 2 atom stereocenters. The fourth-order valence-electron chi connectivity index (χ4n) is 0.922. The van der Waals surface area contributed by atoms with Gasteiger partial charge in [-0.2, -0.15) is 0 Å². The predicted molar refractivity (Wildman–Crippen MR) is 40.6 cm³/mol. The van der Waals surface area contributed by atoms with Crippen LogP contribution >= 0.6 is 15.9 Å². The van der Waals surface area contributed by atoms with E-state index in [2.05, 4.69) is 15.9 Å². The molecule has 0 bridgehead atoms. The molecule has 0 spiro atoms. The van der Waals surface area contributed by atoms with Crippen LogP contribution in [0.5, 0.6) is 0 Å². The van der Waals surface area contributed by atoms with Gasteiger partial charge in [-0.05, 0) is 13.3 Å². The van der Waals surface area contributed by atoms with Gasteiger partial charge in [0.15, 0.2) is 9.84 Å². The van der Waals surface area contributed by atoms with Crippen LogP contribution in [0.4, 0.5) is 0 Å². The van der Waals surface area contributed by atoms with Crippen LogP contribution < -0.4 is 0 Å². The number of alkyl halides is 1. The number of hydrogen-bond donors (Lipinski definition) is 0. The topological polar surface area (TPSA) is 34.1 Å². The smallest absolute Gasteiger partial charge is 0.154 e. The van der Waals surface area contributed by atoms with Crippen LogP contribution in [-0.2, 0) is 9.84 Å². The first kappa shape index (κ1) is 7.54. The third kappa shape index (κ3) is 1.29. The molecule has 1 heterocycles. The molecular weight excluding hydrogens is 204 g/mol. The molecule has 0 N–H and O–H groups in total. The summed E-state index contributed by atoms with van der Waals surface area (Å²) < 4.78 is 21.9. The SMILES string of the molecule is CC1C(Br)CCS1(=O)=O. The van der Waals surface area contributed by atoms with E-state index in [1.807, 2.05) is 0 Å². The van der Waals surface area contributed by atoms with Crippen molar-refractivity contribution < 1.29 is 8.42 Å². The zero-order valence-electron chi connectivity index (χ0n) is 5.17. The van der Waals surface area contributed by atoms with Gasteiger partial charge >= 0.3 is 0 Å². The molecule has 0 saturated carbocycles. The van der Waals surface area contributed by atoms with Crippen LogP contribution in [0.15, 0.2) is 0 Å². The highest BCUT2D eigenvalue weighted by atomic mass is 79.9. The van der Waals surface area contributed by atoms with E-state index in [1.54, 1.807) is 6.92 Å². The molecule has 0 aromatic rings. The summed E-state index contributed by atoms with van der Waals surface area (Å²) in [6.07, 6.45) is 0.767. The Balaban J connectivity index is 2.87. The van der Waals surface area contributed by atoms with E-state index in [9.17, 15) is 8.42 Å². The molecule has 2 nitrogen and oxygen atoms in total. The van der Waals surface area contributed by atoms with Crippen molar-refractivity contribution in [3.8, 4) is 0 Å². The summed E-state index contributed by atoms with van der Waals surface area (Å²) >= 11 is 3.30. The fourth-order valence-corrected chi connectivity index (χ4v) is 3.98. The zero-order valence-corrected chi connectivity index (χ0v) is 7.57. The van der Waals surface area contributed by atoms with Crippen molar-refractivity contribution in [3.05, 3.63) is 0 Å². The standard InChI is InChI=1S/C5H9BrO2S/c1-4-5(6)2-3-9(4,7)8/h4-5H,2-3H2,1H3. The van der Waals surface area contributed by atoms with E-state index in [4.69, 9.17) is 0 Å². The maximum absolute atomic E-state index is 10.9. The van der Waals surface area contributed by atoms with E-state index in [0.717, 1.165) is 6.42 Å². The quantitative estimate of drug-likeness (QED) is 0.561. The Morgan fingerprint density at radius 1 is 1.56 bits per heavy atom. The van der Waals surface area contributed by atoms with Crippen molar-refractivity contribution in [2.24, 2.45) is 0 Å². The van der Waals surface area contributed by atoms with Gasteiger partial charge in [0.05, 0.1) is 11.0 Å². The van der Waals surface area contributed by atoms with Gasteiger partial charge in [-0.25, -0.2) is 8.42 Å². The van der Waals surface area contributed by atoms with Crippen LogP contribution in [0, 0.1) is 0 Å². The maximum atomic E-state index is 10.9. The van der Waals surface area contributed by atoms with E-state index in [0.29, 0.717) is 5.75 Å². The molecule has 54 valence electrons. The molecule has 9 heavy (non-hydrogen) atoms. The summed E-state index contributed by atoms with van der Waals surface area (Å²) in [5.74, 6) is 0.351. The highest BCUT2D eigenvalue weighted by Crippen LogP contribution is 2.25. The molecule has 1 rings (SSSR count). The van der Waals surface area contributed by atoms with Gasteiger partial charge in [-0.15, -0.1) is 0 Å². The monoisotopic (exact) mass is 212 g/mol. The largest absolute Gasteiger partial charge is 0.229 e. The third-order valence-electron chi connectivity index (χ3n) is 1.75. The Morgan fingerprint density at radius 2 is 2.11 bits per heavy atom. The van der Waals surface area contributed by atoms with Crippen molar-refractivity contribution in [2.45, 2.75) is 23.4 Å². The zero-order chi connectivity index (χ0) is 7.07. The lowest BCUT2D eigenvalue weighted by atomic mass is 10.3. The first-order chi connectivity index (χ1) is 4.04. The summed E-state index contributed by atoms with van der Waals surface area (Å²) in [6.45, 7) is 1.75. The molecule has 0 aliphatic carbocycles. The Hall–Kier alpha value is 0.430. The summed E-state index contributed by atoms with van der Waals surface area (Å²) in [5, 5.41) is -0.183. The first-order valence-electron chi connectivity index (χ1n) is 2.89. The van der Waals surface area contributed by atoms with Gasteiger partial charge in [0.25, 0.3) is 0 Å². The third-order valence-corrected chi connectivity index (χ3v) is 5.62. The van der Waals surface area contributed by atoms with Gasteiger partial charge in [0.1, 0.15) is 0 Å². The van der Waals surface area contributed by atoms with Crippen LogP contribution in [0.3, 0.4) is 0 Å². The van der Waals surface area contributed by atoms with E-state index in [-0.39, 0.29) is 10.1 Å². The fraction of sp³-hybridized carbons (Fsp3) is 1.00. The molecule has 0 amide bonds. The average molecular weight is 213 g/mol. The van der Waals surface area contributed by atoms with Crippen LogP contribution in [0.1, 0.15) is 13.3 Å². The molecule has 1 aliphatic rings. The van der Waals surface area contributed by atoms with Crippen molar-refractivity contribution in [2.75, 3.05) is 5.75 Å². The average Bonchev–Trinajstić information content (AvgIpc) is 1.97. The number of hydrogen-bond acceptors (Lipinski definition) is 2. The first-order valence-corrected chi connectivity index (χ1v) is 5.53. The number of sulfone groups is 1. The Morgan fingerprint density at radius 3 is 2.22 bits per heavy atom. The van der Waals surface area contributed by atoms with E-state index >= 15 is 0 Å². The van der Waals surface area contributed by atoms with Gasteiger partial charge in [-0.3, -0.25) is 0 Å². The normalized spacial score (nSPS) is 41.1. The number of rotatable bonds is 0. The summed E-state index contributed by atoms with van der Waals surface area (Å²) in [4.78, 5) is 0.183. The van der Waals surface area contributed by atoms with Crippen LogP contribution in [-0.4, -0.2) is 24.2 Å². The van der Waals surface area contributed by atoms with Crippen molar-refractivity contribution in [3.63, 3.8) is 0 Å². The molecule has 0 radical (unpaired) electrons. The second-order valence-corrected chi connectivity index (χ2v) is 6.03. The minimum absolute atomic E-state index is 0.183. The minimum Gasteiger partial charge on any atom is -0.229 e. The minimum atomic E-state index is -2.72. The van der Waals surface area contributed by atoms with Gasteiger partial charge in [0, 0.05) is 4.83 Å². The van der Waals surface area contributed by atoms with Crippen molar-refractivity contribution in [1.82, 2.24) is 0 Å². The molecule has 2 unspecified atom stereocenters. The molecule has 4 heteroatoms. The summed E-state index contributed by atoms with van der Waals surface area (Å²) in [7, 11) is -2.72. The van der Waals surface area contributed by atoms with Gasteiger partial charge in [-0.1, -0.05) is 15.9 Å². The lowest BCUT2D eigenvalue weighted by Gasteiger charge is -2.03. The Bertz CT molecular complexity index is 197. The number of halogens is 1. The highest BCUT2D eigenvalue weighted by Gasteiger charge is 2.34. The van der Waals surface area contributed by atoms with Gasteiger partial charge in [0.2, 0.25) is 0 Å². The lowest BCUT2D eigenvalue weighted by molar-refractivity contribution is 0.594. The van der Waals surface area contributed by atoms with Crippen LogP contribution in [0.2, 0.25) is 0 Å². The van der Waals surface area contributed by atoms with Crippen LogP contribution in [0.25, 0.3) is 0 Å². The molecule has 1 aliphatic heterocycles. The molecule has 0 aromatic carbocycles. The molecule has 0 aromatic heterocycles. The molecule has 1 fully saturated rings. The maximum Gasteiger partial charge on any atom is 0.154 e.